The van der Waals surface area contributed by atoms with E-state index in [1.165, 1.54) is 35.0 Å². The molecule has 14 heteroatoms. The third kappa shape index (κ3) is 9.15. The minimum Gasteiger partial charge on any atom is -0.494 e. The fourth-order valence-corrected chi connectivity index (χ4v) is 4.72. The molecule has 0 amide bonds. The molecule has 2 aromatic carbocycles. The summed E-state index contributed by atoms with van der Waals surface area (Å²) in [4.78, 5) is 16.2. The van der Waals surface area contributed by atoms with Gasteiger partial charge in [-0.15, -0.1) is 13.2 Å². The van der Waals surface area contributed by atoms with Gasteiger partial charge in [0, 0.05) is 25.3 Å². The first-order valence-corrected chi connectivity index (χ1v) is 13.5. The molecule has 3 aromatic rings. The van der Waals surface area contributed by atoms with Crippen molar-refractivity contribution in [2.24, 2.45) is 0 Å². The van der Waals surface area contributed by atoms with Crippen molar-refractivity contribution in [1.29, 1.82) is 0 Å². The Morgan fingerprint density at radius 2 is 1.80 bits per heavy atom. The van der Waals surface area contributed by atoms with E-state index in [0.29, 0.717) is 18.1 Å². The van der Waals surface area contributed by atoms with Gasteiger partial charge in [-0.05, 0) is 102 Å². The summed E-state index contributed by atoms with van der Waals surface area (Å²) in [6.07, 6.45) is -0.368. The van der Waals surface area contributed by atoms with E-state index < -0.39 is 17.4 Å². The van der Waals surface area contributed by atoms with E-state index in [1.807, 2.05) is 18.2 Å². The van der Waals surface area contributed by atoms with E-state index in [-0.39, 0.29) is 36.4 Å². The molecular weight excluding hydrogens is 569 g/mol. The Morgan fingerprint density at radius 1 is 1.07 bits per heavy atom. The smallest absolute Gasteiger partial charge is 0.494 e. The van der Waals surface area contributed by atoms with Gasteiger partial charge >= 0.3 is 17.5 Å². The molecule has 0 fully saturated rings. The lowest BCUT2D eigenvalue weighted by Gasteiger charge is -2.25. The van der Waals surface area contributed by atoms with Crippen LogP contribution in [-0.2, 0) is 13.0 Å². The van der Waals surface area contributed by atoms with Crippen LogP contribution in [0.3, 0.4) is 0 Å². The number of halogens is 4. The summed E-state index contributed by atoms with van der Waals surface area (Å²) in [5.74, 6) is 0.466. The molecule has 10 nitrogen and oxygen atoms in total. The number of aliphatic hydroxyl groups is 1. The Hall–Kier alpha value is -3.71. The molecule has 1 aliphatic heterocycles. The maximum atomic E-state index is 12.3. The largest absolute Gasteiger partial charge is 0.573 e. The molecule has 0 radical (unpaired) electrons. The molecule has 0 saturated heterocycles. The van der Waals surface area contributed by atoms with E-state index in [2.05, 4.69) is 14.6 Å². The topological polar surface area (TPSA) is 112 Å². The number of anilines is 1. The summed E-state index contributed by atoms with van der Waals surface area (Å²) >= 11 is 5.92. The minimum absolute atomic E-state index is 0.0136. The van der Waals surface area contributed by atoms with E-state index in [4.69, 9.17) is 21.1 Å². The first kappa shape index (κ1) is 30.3. The van der Waals surface area contributed by atoms with Gasteiger partial charge in [0.2, 0.25) is 0 Å². The van der Waals surface area contributed by atoms with E-state index >= 15 is 0 Å². The third-order valence-electron chi connectivity index (χ3n) is 6.46. The van der Waals surface area contributed by atoms with Gasteiger partial charge < -0.3 is 34.3 Å². The molecule has 222 valence electrons. The average molecular weight is 599 g/mol. The highest BCUT2D eigenvalue weighted by molar-refractivity contribution is 6.28. The quantitative estimate of drug-likeness (QED) is 0.150. The van der Waals surface area contributed by atoms with Gasteiger partial charge in [0.1, 0.15) is 30.1 Å². The van der Waals surface area contributed by atoms with Crippen molar-refractivity contribution in [2.75, 3.05) is 31.2 Å². The molecule has 2 heterocycles. The predicted molar refractivity (Wildman–Crippen MR) is 145 cm³/mol. The lowest BCUT2D eigenvalue weighted by Crippen LogP contribution is -2.26. The van der Waals surface area contributed by atoms with Crippen molar-refractivity contribution < 1.29 is 37.4 Å². The Balaban J connectivity index is 1.24. The number of alkyl halides is 3. The molecular formula is C27H30ClF3N4O6. The molecule has 0 aliphatic carbocycles. The van der Waals surface area contributed by atoms with Crippen LogP contribution in [0.15, 0.2) is 48.7 Å². The summed E-state index contributed by atoms with van der Waals surface area (Å²) in [7, 11) is 0. The molecule has 41 heavy (non-hydrogen) atoms. The van der Waals surface area contributed by atoms with Crippen LogP contribution in [0.4, 0.5) is 24.7 Å². The summed E-state index contributed by atoms with van der Waals surface area (Å²) in [6.45, 7) is 2.35. The van der Waals surface area contributed by atoms with E-state index in [0.717, 1.165) is 50.0 Å². The number of fused-ring (bicyclic) bond motifs is 1. The zero-order valence-corrected chi connectivity index (χ0v) is 22.8. The SMILES string of the molecule is O=[N+]([O-])c1cn(CC[C@@H](O)COc2ccc3c(c2)CCCCN3CCCOc2ccc(OC(F)(F)F)cc2)c(Cl)n1. The number of hydrogen-bond donors (Lipinski definition) is 1. The highest BCUT2D eigenvalue weighted by atomic mass is 35.5. The molecule has 1 atom stereocenters. The maximum absolute atomic E-state index is 12.3. The van der Waals surface area contributed by atoms with Crippen molar-refractivity contribution in [3.63, 3.8) is 0 Å². The first-order chi connectivity index (χ1) is 19.6. The lowest BCUT2D eigenvalue weighted by molar-refractivity contribution is -0.389. The second kappa shape index (κ2) is 13.8. The first-order valence-electron chi connectivity index (χ1n) is 13.1. The number of nitro groups is 1. The van der Waals surface area contributed by atoms with Gasteiger partial charge in [-0.1, -0.05) is 0 Å². The van der Waals surface area contributed by atoms with Crippen molar-refractivity contribution in [2.45, 2.75) is 51.1 Å². The summed E-state index contributed by atoms with van der Waals surface area (Å²) < 4.78 is 53.7. The highest BCUT2D eigenvalue weighted by Crippen LogP contribution is 2.30. The van der Waals surface area contributed by atoms with Crippen LogP contribution < -0.4 is 19.1 Å². The Morgan fingerprint density at radius 3 is 2.51 bits per heavy atom. The molecule has 0 spiro atoms. The predicted octanol–water partition coefficient (Wildman–Crippen LogP) is 5.79. The minimum atomic E-state index is -4.73. The normalized spacial score (nSPS) is 14.2. The fraction of sp³-hybridized carbons (Fsp3) is 0.444. The number of nitrogens with zero attached hydrogens (tertiary/aromatic N) is 4. The monoisotopic (exact) mass is 598 g/mol. The van der Waals surface area contributed by atoms with Gasteiger partial charge in [0.25, 0.3) is 0 Å². The second-order valence-corrected chi connectivity index (χ2v) is 9.87. The van der Waals surface area contributed by atoms with E-state index in [9.17, 15) is 28.4 Å². The van der Waals surface area contributed by atoms with Crippen LogP contribution in [0, 0.1) is 10.1 Å². The Labute approximate surface area is 239 Å². The van der Waals surface area contributed by atoms with Gasteiger partial charge in [0.15, 0.2) is 0 Å². The zero-order valence-electron chi connectivity index (χ0n) is 22.1. The third-order valence-corrected chi connectivity index (χ3v) is 6.76. The number of ether oxygens (including phenoxy) is 3. The van der Waals surface area contributed by atoms with Crippen LogP contribution in [0.1, 0.15) is 31.2 Å². The molecule has 0 unspecified atom stereocenters. The van der Waals surface area contributed by atoms with Crippen molar-refractivity contribution >= 4 is 23.1 Å². The number of imidazole rings is 1. The zero-order chi connectivity index (χ0) is 29.4. The molecule has 1 aromatic heterocycles. The van der Waals surface area contributed by atoms with Crippen LogP contribution in [0.25, 0.3) is 0 Å². The molecule has 4 rings (SSSR count). The second-order valence-electron chi connectivity index (χ2n) is 9.53. The summed E-state index contributed by atoms with van der Waals surface area (Å²) in [5, 5.41) is 21.2. The standard InChI is InChI=1S/C27H30ClF3N4O6/c28-26-32-25(35(37)38)17-34(26)14-11-20(36)18-40-23-9-10-24-19(16-23)4-1-2-12-33(24)13-3-15-39-21-5-7-22(8-6-21)41-27(29,30)31/h5-10,16-17,20,36H,1-4,11-15,18H2/t20-/m1/s1. The number of rotatable bonds is 13. The van der Waals surface area contributed by atoms with Crippen molar-refractivity contribution in [3.05, 3.63) is 69.6 Å². The van der Waals surface area contributed by atoms with Crippen molar-refractivity contribution in [1.82, 2.24) is 9.55 Å². The molecule has 1 aliphatic rings. The van der Waals surface area contributed by atoms with Crippen LogP contribution in [-0.4, -0.2) is 58.4 Å². The number of hydrogen-bond acceptors (Lipinski definition) is 8. The number of aromatic nitrogens is 2. The fourth-order valence-electron chi connectivity index (χ4n) is 4.50. The lowest BCUT2D eigenvalue weighted by atomic mass is 10.1. The molecule has 0 bridgehead atoms. The summed E-state index contributed by atoms with van der Waals surface area (Å²) in [6, 6.07) is 11.2. The van der Waals surface area contributed by atoms with Crippen LogP contribution >= 0.6 is 11.6 Å². The van der Waals surface area contributed by atoms with Gasteiger partial charge in [-0.2, -0.15) is 0 Å². The van der Waals surface area contributed by atoms with Gasteiger partial charge in [-0.25, -0.2) is 0 Å². The highest BCUT2D eigenvalue weighted by Gasteiger charge is 2.31. The van der Waals surface area contributed by atoms with E-state index in [1.54, 1.807) is 0 Å². The molecule has 0 saturated carbocycles. The Kier molecular flexibility index (Phi) is 10.2. The number of aliphatic hydroxyl groups excluding tert-OH is 1. The number of benzene rings is 2. The van der Waals surface area contributed by atoms with Gasteiger partial charge in [0.05, 0.1) is 12.7 Å². The Bertz CT molecular complexity index is 1310. The van der Waals surface area contributed by atoms with Crippen LogP contribution in [0.5, 0.6) is 17.2 Å². The summed E-state index contributed by atoms with van der Waals surface area (Å²) in [5.41, 5.74) is 2.26. The maximum Gasteiger partial charge on any atom is 0.573 e. The number of aryl methyl sites for hydroxylation is 2. The van der Waals surface area contributed by atoms with Crippen LogP contribution in [0.2, 0.25) is 5.28 Å². The molecule has 1 N–H and O–H groups in total. The van der Waals surface area contributed by atoms with Crippen molar-refractivity contribution in [3.8, 4) is 17.2 Å². The average Bonchev–Trinajstić information content (AvgIpc) is 3.18. The van der Waals surface area contributed by atoms with Gasteiger partial charge in [-0.3, -0.25) is 4.57 Å².